The van der Waals surface area contributed by atoms with Gasteiger partial charge in [-0.25, -0.2) is 9.37 Å². The van der Waals surface area contributed by atoms with Crippen LogP contribution >= 0.6 is 0 Å². The molecule has 1 atom stereocenters. The molecular formula is C36H48N5O8S+. The summed E-state index contributed by atoms with van der Waals surface area (Å²) in [4.78, 5) is 30.4. The van der Waals surface area contributed by atoms with E-state index in [0.717, 1.165) is 55.8 Å². The third kappa shape index (κ3) is 8.85. The molecule has 0 aromatic heterocycles. The smallest absolute Gasteiger partial charge is 0.326 e. The van der Waals surface area contributed by atoms with E-state index in [2.05, 4.69) is 40.5 Å². The molecule has 3 N–H and O–H groups in total. The molecule has 2 aromatic rings. The number of fused-ring (bicyclic) bond motifs is 2. The molecule has 2 aromatic carbocycles. The van der Waals surface area contributed by atoms with Crippen LogP contribution in [0.2, 0.25) is 0 Å². The Morgan fingerprint density at radius 1 is 0.980 bits per heavy atom. The van der Waals surface area contributed by atoms with E-state index in [1.807, 2.05) is 81.8 Å². The second kappa shape index (κ2) is 15.8. The van der Waals surface area contributed by atoms with E-state index in [9.17, 15) is 23.1 Å². The zero-order chi connectivity index (χ0) is 36.9. The number of amides is 1. The minimum atomic E-state index is -4.36. The number of aliphatic carboxylic acids is 1. The summed E-state index contributed by atoms with van der Waals surface area (Å²) in [6.07, 6.45) is -0.0137. The zero-order valence-corrected chi connectivity index (χ0v) is 30.8. The number of benzene rings is 3. The van der Waals surface area contributed by atoms with Gasteiger partial charge in [0.05, 0.1) is 30.3 Å². The molecule has 1 aliphatic heterocycles. The predicted octanol–water partition coefficient (Wildman–Crippen LogP) is 3.83. The molecule has 1 unspecified atom stereocenters. The summed E-state index contributed by atoms with van der Waals surface area (Å²) < 4.78 is 45.8. The largest absolute Gasteiger partial charge is 0.496 e. The van der Waals surface area contributed by atoms with Crippen molar-refractivity contribution in [3.63, 3.8) is 0 Å². The third-order valence-electron chi connectivity index (χ3n) is 8.62. The Labute approximate surface area is 293 Å². The van der Waals surface area contributed by atoms with Gasteiger partial charge in [0.15, 0.2) is 0 Å². The molecular weight excluding hydrogens is 662 g/mol. The van der Waals surface area contributed by atoms with Gasteiger partial charge < -0.3 is 34.3 Å². The summed E-state index contributed by atoms with van der Waals surface area (Å²) in [5, 5.41) is 13.7. The van der Waals surface area contributed by atoms with Gasteiger partial charge in [0.1, 0.15) is 37.2 Å². The number of carbonyl (C=O) groups is 2. The Hall–Kier alpha value is -4.82. The van der Waals surface area contributed by atoms with Crippen LogP contribution in [0.15, 0.2) is 52.9 Å². The van der Waals surface area contributed by atoms with Gasteiger partial charge in [-0.2, -0.15) is 8.42 Å². The zero-order valence-electron chi connectivity index (χ0n) is 30.0. The molecule has 0 spiro atoms. The molecule has 1 amide bonds. The number of carboxylic acids is 1. The van der Waals surface area contributed by atoms with E-state index in [-0.39, 0.29) is 6.42 Å². The van der Waals surface area contributed by atoms with Gasteiger partial charge >= 0.3 is 5.97 Å². The normalized spacial score (nSPS) is 12.1. The molecule has 0 saturated heterocycles. The average Bonchev–Trinajstić information content (AvgIpc) is 3.05. The molecule has 2 aliphatic rings. The minimum Gasteiger partial charge on any atom is -0.496 e. The van der Waals surface area contributed by atoms with Crippen molar-refractivity contribution in [2.75, 3.05) is 82.9 Å². The molecule has 0 fully saturated rings. The highest BCUT2D eigenvalue weighted by molar-refractivity contribution is 7.85. The number of rotatable bonds is 15. The first-order valence-electron chi connectivity index (χ1n) is 16.3. The molecule has 4 rings (SSSR count). The van der Waals surface area contributed by atoms with Gasteiger partial charge in [-0.15, -0.1) is 0 Å². The lowest BCUT2D eigenvalue weighted by Crippen LogP contribution is -2.42. The number of carboxylic acid groups (broad SMARTS) is 1. The van der Waals surface area contributed by atoms with Gasteiger partial charge in [-0.1, -0.05) is 0 Å². The van der Waals surface area contributed by atoms with Crippen molar-refractivity contribution in [2.24, 2.45) is 0 Å². The number of nitrogens with one attached hydrogen (secondary N) is 1. The SMILES string of the molecule is CCN(CCCC(=O)NC(CCS(=O)(=O)O)C(=O)O)c1cc(OC)c(-c2c3ccc(=[N+](C)C)cc-3oc3cc(N(C)C)ccc23)cc1N(C)C. The molecule has 0 radical (unpaired) electrons. The maximum Gasteiger partial charge on any atom is 0.326 e. The monoisotopic (exact) mass is 710 g/mol. The number of ether oxygens (including phenoxy) is 1. The Morgan fingerprint density at radius 3 is 2.28 bits per heavy atom. The summed E-state index contributed by atoms with van der Waals surface area (Å²) in [6.45, 7) is 3.11. The van der Waals surface area contributed by atoms with Gasteiger partial charge in [0, 0.05) is 93.7 Å². The van der Waals surface area contributed by atoms with Crippen molar-refractivity contribution in [1.29, 1.82) is 0 Å². The summed E-state index contributed by atoms with van der Waals surface area (Å²) >= 11 is 0. The fraction of sp³-hybridized carbons (Fsp3) is 0.417. The van der Waals surface area contributed by atoms with E-state index in [0.29, 0.717) is 25.3 Å². The number of methoxy groups -OCH3 is 1. The lowest BCUT2D eigenvalue weighted by atomic mass is 9.92. The second-order valence-corrected chi connectivity index (χ2v) is 14.4. The van der Waals surface area contributed by atoms with E-state index >= 15 is 0 Å². The highest BCUT2D eigenvalue weighted by atomic mass is 32.2. The lowest BCUT2D eigenvalue weighted by molar-refractivity contribution is -0.141. The summed E-state index contributed by atoms with van der Waals surface area (Å²) in [5.41, 5.74) is 6.38. The van der Waals surface area contributed by atoms with Crippen molar-refractivity contribution < 1.29 is 36.8 Å². The first kappa shape index (κ1) is 38.0. The van der Waals surface area contributed by atoms with Gasteiger partial charge in [-0.05, 0) is 44.0 Å². The Bertz CT molecular complexity index is 2020. The molecule has 13 nitrogen and oxygen atoms in total. The van der Waals surface area contributed by atoms with Crippen LogP contribution < -0.4 is 34.7 Å². The van der Waals surface area contributed by atoms with Crippen LogP contribution in [0, 0.1) is 0 Å². The first-order chi connectivity index (χ1) is 23.5. The Balaban J connectivity index is 1.74. The van der Waals surface area contributed by atoms with E-state index < -0.39 is 40.2 Å². The molecule has 0 bridgehead atoms. The Kier molecular flexibility index (Phi) is 12.0. The molecule has 50 heavy (non-hydrogen) atoms. The van der Waals surface area contributed by atoms with Gasteiger partial charge in [-0.3, -0.25) is 9.35 Å². The van der Waals surface area contributed by atoms with Crippen LogP contribution in [0.1, 0.15) is 26.2 Å². The van der Waals surface area contributed by atoms with E-state index in [1.165, 1.54) is 0 Å². The van der Waals surface area contributed by atoms with Crippen molar-refractivity contribution >= 4 is 50.0 Å². The fourth-order valence-electron chi connectivity index (χ4n) is 5.92. The number of carbonyl (C=O) groups excluding carboxylic acids is 1. The van der Waals surface area contributed by atoms with Crippen molar-refractivity contribution in [2.45, 2.75) is 32.2 Å². The van der Waals surface area contributed by atoms with Crippen molar-refractivity contribution in [1.82, 2.24) is 9.89 Å². The predicted molar refractivity (Wildman–Crippen MR) is 198 cm³/mol. The molecule has 14 heteroatoms. The molecule has 1 aliphatic carbocycles. The van der Waals surface area contributed by atoms with E-state index in [1.54, 1.807) is 7.11 Å². The number of nitrogens with zero attached hydrogens (tertiary/aromatic N) is 4. The van der Waals surface area contributed by atoms with Crippen molar-refractivity contribution in [3.8, 4) is 28.2 Å². The minimum absolute atomic E-state index is 0.0219. The topological polar surface area (TPSA) is 156 Å². The first-order valence-corrected chi connectivity index (χ1v) is 18.0. The van der Waals surface area contributed by atoms with E-state index in [4.69, 9.17) is 13.7 Å². The highest BCUT2D eigenvalue weighted by Crippen LogP contribution is 2.47. The molecule has 1 heterocycles. The average molecular weight is 711 g/mol. The number of hydrogen-bond donors (Lipinski definition) is 3. The summed E-state index contributed by atoms with van der Waals surface area (Å²) in [5.74, 6) is -1.26. The Morgan fingerprint density at radius 2 is 1.70 bits per heavy atom. The third-order valence-corrected chi connectivity index (χ3v) is 9.37. The lowest BCUT2D eigenvalue weighted by Gasteiger charge is -2.30. The molecule has 0 saturated carbocycles. The van der Waals surface area contributed by atoms with Crippen LogP contribution in [-0.4, -0.2) is 104 Å². The highest BCUT2D eigenvalue weighted by Gasteiger charge is 2.25. The van der Waals surface area contributed by atoms with Crippen LogP contribution in [-0.2, 0) is 19.7 Å². The van der Waals surface area contributed by atoms with Crippen LogP contribution in [0.3, 0.4) is 0 Å². The fourth-order valence-corrected chi connectivity index (χ4v) is 6.45. The van der Waals surface area contributed by atoms with Crippen LogP contribution in [0.5, 0.6) is 5.75 Å². The maximum atomic E-state index is 12.7. The summed E-state index contributed by atoms with van der Waals surface area (Å²) in [6, 6.07) is 15.1. The second-order valence-electron chi connectivity index (χ2n) is 12.8. The van der Waals surface area contributed by atoms with Gasteiger partial charge in [0.2, 0.25) is 11.3 Å². The van der Waals surface area contributed by atoms with Crippen LogP contribution in [0.25, 0.3) is 33.4 Å². The maximum absolute atomic E-state index is 12.7. The standard InChI is InChI=1S/C36H47N5O8S/c1-9-41(17-10-11-34(42)37-28(36(43)44)16-18-50(45,46)47)30-22-31(48-8)27(21-29(30)40(6)7)35-25-14-12-23(38(2)3)19-32(25)49-33-20-24(39(4)5)13-15-26(33)35/h12-15,19-22,28H,9-11,16-18H2,1-8H3,(H2-,37,42,43,44,45,46,47)/p+1. The molecule has 270 valence electrons. The number of anilines is 3. The van der Waals surface area contributed by atoms with Crippen molar-refractivity contribution in [3.05, 3.63) is 53.9 Å². The van der Waals surface area contributed by atoms with Crippen LogP contribution in [0.4, 0.5) is 17.1 Å². The van der Waals surface area contributed by atoms with Gasteiger partial charge in [0.25, 0.3) is 10.1 Å². The number of hydrogen-bond acceptors (Lipinski definition) is 9. The summed E-state index contributed by atoms with van der Waals surface area (Å²) in [7, 11) is 9.18. The quantitative estimate of drug-likeness (QED) is 0.0937.